The molecule has 0 bridgehead atoms. The second-order valence-electron chi connectivity index (χ2n) is 8.74. The minimum atomic E-state index is 0.437. The molecule has 3 aromatic heterocycles. The minimum Gasteiger partial charge on any atom is -0.382 e. The molecule has 1 aliphatic carbocycles. The Balaban J connectivity index is 1.66. The van der Waals surface area contributed by atoms with Crippen molar-refractivity contribution >= 4 is 11.3 Å². The van der Waals surface area contributed by atoms with Crippen molar-refractivity contribution in [1.29, 1.82) is 0 Å². The van der Waals surface area contributed by atoms with Crippen LogP contribution in [0, 0.1) is 0 Å². The minimum absolute atomic E-state index is 0.437. The van der Waals surface area contributed by atoms with Crippen LogP contribution < -0.4 is 5.73 Å². The Kier molecular flexibility index (Phi) is 5.19. The summed E-state index contributed by atoms with van der Waals surface area (Å²) in [6, 6.07) is 13.3. The molecule has 31 heavy (non-hydrogen) atoms. The van der Waals surface area contributed by atoms with E-state index in [2.05, 4.69) is 70.2 Å². The fourth-order valence-corrected chi connectivity index (χ4v) is 4.81. The van der Waals surface area contributed by atoms with Gasteiger partial charge in [0, 0.05) is 23.9 Å². The summed E-state index contributed by atoms with van der Waals surface area (Å²) in [5.74, 6) is 0.483. The Labute approximate surface area is 182 Å². The SMILES string of the molecule is CN(C)Cc1cccc(-c2cc(-c3ccnn3C3CCCCC3)c3c(N)ncnn23)c1. The van der Waals surface area contributed by atoms with Crippen molar-refractivity contribution in [1.82, 2.24) is 29.3 Å². The molecular formula is C24H29N7. The Morgan fingerprint density at radius 3 is 2.68 bits per heavy atom. The van der Waals surface area contributed by atoms with E-state index in [0.29, 0.717) is 11.9 Å². The third kappa shape index (κ3) is 3.70. The molecule has 5 rings (SSSR count). The third-order valence-corrected chi connectivity index (χ3v) is 6.17. The highest BCUT2D eigenvalue weighted by Crippen LogP contribution is 2.37. The molecule has 0 amide bonds. The van der Waals surface area contributed by atoms with Crippen LogP contribution in [0.5, 0.6) is 0 Å². The molecule has 3 heterocycles. The van der Waals surface area contributed by atoms with E-state index in [1.54, 1.807) is 0 Å². The average Bonchev–Trinajstić information content (AvgIpc) is 3.40. The first kappa shape index (κ1) is 19.8. The average molecular weight is 416 g/mol. The Hall–Kier alpha value is -3.19. The van der Waals surface area contributed by atoms with Crippen LogP contribution in [0.3, 0.4) is 0 Å². The molecule has 7 heteroatoms. The number of nitrogens with two attached hydrogens (primary N) is 1. The molecule has 1 saturated carbocycles. The standard InChI is InChI=1S/C24H29N7/c1-29(2)15-17-7-6-8-18(13-17)22-14-20(23-24(25)26-16-28-31(22)23)21-11-12-27-30(21)19-9-4-3-5-10-19/h6-8,11-14,16,19H,3-5,9-10,15H2,1-2H3,(H2,25,26,28). The first-order valence-corrected chi connectivity index (χ1v) is 11.0. The van der Waals surface area contributed by atoms with Gasteiger partial charge < -0.3 is 10.6 Å². The van der Waals surface area contributed by atoms with E-state index in [0.717, 1.165) is 34.6 Å². The van der Waals surface area contributed by atoms with Crippen LogP contribution >= 0.6 is 0 Å². The van der Waals surface area contributed by atoms with Crippen LogP contribution in [0.1, 0.15) is 43.7 Å². The Morgan fingerprint density at radius 2 is 1.87 bits per heavy atom. The zero-order chi connectivity index (χ0) is 21.4. The second kappa shape index (κ2) is 8.15. The van der Waals surface area contributed by atoms with Crippen LogP contribution in [0.4, 0.5) is 5.82 Å². The van der Waals surface area contributed by atoms with E-state index in [1.807, 2.05) is 10.7 Å². The molecule has 7 nitrogen and oxygen atoms in total. The number of hydrogen-bond acceptors (Lipinski definition) is 5. The molecule has 4 aromatic rings. The lowest BCUT2D eigenvalue weighted by atomic mass is 9.95. The molecular weight excluding hydrogens is 386 g/mol. The number of anilines is 1. The van der Waals surface area contributed by atoms with Crippen LogP contribution in [0.25, 0.3) is 28.0 Å². The van der Waals surface area contributed by atoms with E-state index >= 15 is 0 Å². The van der Waals surface area contributed by atoms with E-state index in [9.17, 15) is 0 Å². The van der Waals surface area contributed by atoms with E-state index in [4.69, 9.17) is 10.8 Å². The first-order chi connectivity index (χ1) is 15.1. The molecule has 2 N–H and O–H groups in total. The molecule has 1 aliphatic rings. The zero-order valence-corrected chi connectivity index (χ0v) is 18.2. The van der Waals surface area contributed by atoms with Crippen molar-refractivity contribution in [2.75, 3.05) is 19.8 Å². The highest BCUT2D eigenvalue weighted by atomic mass is 15.3. The number of rotatable bonds is 5. The molecule has 0 radical (unpaired) electrons. The summed E-state index contributed by atoms with van der Waals surface area (Å²) >= 11 is 0. The quantitative estimate of drug-likeness (QED) is 0.522. The number of nitrogens with zero attached hydrogens (tertiary/aromatic N) is 6. The smallest absolute Gasteiger partial charge is 0.152 e. The summed E-state index contributed by atoms with van der Waals surface area (Å²) in [4.78, 5) is 6.46. The van der Waals surface area contributed by atoms with Crippen molar-refractivity contribution < 1.29 is 0 Å². The molecule has 0 unspecified atom stereocenters. The summed E-state index contributed by atoms with van der Waals surface area (Å²) in [7, 11) is 4.16. The number of hydrogen-bond donors (Lipinski definition) is 1. The van der Waals surface area contributed by atoms with Crippen molar-refractivity contribution in [2.45, 2.75) is 44.7 Å². The van der Waals surface area contributed by atoms with Gasteiger partial charge in [-0.1, -0.05) is 37.5 Å². The third-order valence-electron chi connectivity index (χ3n) is 6.17. The molecule has 0 aliphatic heterocycles. The molecule has 160 valence electrons. The maximum absolute atomic E-state index is 6.37. The molecule has 1 aromatic carbocycles. The maximum Gasteiger partial charge on any atom is 0.152 e. The summed E-state index contributed by atoms with van der Waals surface area (Å²) in [6.07, 6.45) is 9.60. The number of aromatic nitrogens is 5. The van der Waals surface area contributed by atoms with Crippen LogP contribution in [-0.4, -0.2) is 43.4 Å². The first-order valence-electron chi connectivity index (χ1n) is 11.0. The molecule has 1 fully saturated rings. The van der Waals surface area contributed by atoms with Crippen LogP contribution in [-0.2, 0) is 6.54 Å². The van der Waals surface area contributed by atoms with Gasteiger partial charge in [0.15, 0.2) is 5.82 Å². The Bertz CT molecular complexity index is 1200. The maximum atomic E-state index is 6.37. The van der Waals surface area contributed by atoms with Crippen molar-refractivity contribution in [3.63, 3.8) is 0 Å². The Morgan fingerprint density at radius 1 is 1.03 bits per heavy atom. The van der Waals surface area contributed by atoms with E-state index in [-0.39, 0.29) is 0 Å². The number of nitrogen functional groups attached to an aromatic ring is 1. The highest BCUT2D eigenvalue weighted by molar-refractivity contribution is 5.90. The molecule has 0 saturated heterocycles. The fraction of sp³-hybridized carbons (Fsp3) is 0.375. The van der Waals surface area contributed by atoms with Gasteiger partial charge in [0.1, 0.15) is 11.8 Å². The van der Waals surface area contributed by atoms with Crippen molar-refractivity contribution in [2.24, 2.45) is 0 Å². The largest absolute Gasteiger partial charge is 0.382 e. The monoisotopic (exact) mass is 415 g/mol. The predicted molar refractivity (Wildman–Crippen MR) is 124 cm³/mol. The van der Waals surface area contributed by atoms with Gasteiger partial charge in [0.2, 0.25) is 0 Å². The van der Waals surface area contributed by atoms with Gasteiger partial charge in [-0.15, -0.1) is 0 Å². The van der Waals surface area contributed by atoms with Gasteiger partial charge in [-0.05, 0) is 50.7 Å². The predicted octanol–water partition coefficient (Wildman–Crippen LogP) is 4.41. The van der Waals surface area contributed by atoms with Crippen LogP contribution in [0.15, 0.2) is 48.9 Å². The molecule has 0 atom stereocenters. The number of fused-ring (bicyclic) bond motifs is 1. The van der Waals surface area contributed by atoms with Gasteiger partial charge >= 0.3 is 0 Å². The van der Waals surface area contributed by atoms with E-state index < -0.39 is 0 Å². The second-order valence-corrected chi connectivity index (χ2v) is 8.74. The van der Waals surface area contributed by atoms with Crippen molar-refractivity contribution in [3.8, 4) is 22.5 Å². The van der Waals surface area contributed by atoms with Gasteiger partial charge in [-0.2, -0.15) is 10.2 Å². The topological polar surface area (TPSA) is 77.3 Å². The van der Waals surface area contributed by atoms with Gasteiger partial charge in [-0.25, -0.2) is 9.50 Å². The summed E-state index contributed by atoms with van der Waals surface area (Å²) in [5, 5.41) is 9.27. The van der Waals surface area contributed by atoms with Gasteiger partial charge in [0.05, 0.1) is 17.4 Å². The lowest BCUT2D eigenvalue weighted by molar-refractivity contribution is 0.332. The summed E-state index contributed by atoms with van der Waals surface area (Å²) in [5.41, 5.74) is 12.7. The fourth-order valence-electron chi connectivity index (χ4n) is 4.81. The summed E-state index contributed by atoms with van der Waals surface area (Å²) in [6.45, 7) is 0.885. The lowest BCUT2D eigenvalue weighted by Crippen LogP contribution is -2.15. The normalized spacial score (nSPS) is 15.2. The van der Waals surface area contributed by atoms with Crippen molar-refractivity contribution in [3.05, 3.63) is 54.5 Å². The summed E-state index contributed by atoms with van der Waals surface area (Å²) < 4.78 is 4.11. The number of benzene rings is 1. The van der Waals surface area contributed by atoms with Crippen LogP contribution in [0.2, 0.25) is 0 Å². The van der Waals surface area contributed by atoms with Gasteiger partial charge in [-0.3, -0.25) is 4.68 Å². The highest BCUT2D eigenvalue weighted by Gasteiger charge is 2.23. The van der Waals surface area contributed by atoms with E-state index in [1.165, 1.54) is 44.0 Å². The zero-order valence-electron chi connectivity index (χ0n) is 18.2. The van der Waals surface area contributed by atoms with Gasteiger partial charge in [0.25, 0.3) is 0 Å². The molecule has 0 spiro atoms. The lowest BCUT2D eigenvalue weighted by Gasteiger charge is -2.23.